The van der Waals surface area contributed by atoms with Gasteiger partial charge in [0.2, 0.25) is 5.95 Å². The van der Waals surface area contributed by atoms with Crippen molar-refractivity contribution < 1.29 is 18.7 Å². The molecule has 10 nitrogen and oxygen atoms in total. The van der Waals surface area contributed by atoms with Crippen LogP contribution in [0.1, 0.15) is 60.6 Å². The molecule has 2 aromatic rings. The molecule has 168 valence electrons. The summed E-state index contributed by atoms with van der Waals surface area (Å²) in [4.78, 5) is 33.5. The van der Waals surface area contributed by atoms with Crippen molar-refractivity contribution in [2.45, 2.75) is 78.4 Å². The number of H-pyrrole nitrogens is 1. The lowest BCUT2D eigenvalue weighted by molar-refractivity contribution is -0.0360. The number of anilines is 1. The highest BCUT2D eigenvalue weighted by atomic mass is 32.5. The Kier molecular flexibility index (Phi) is 6.18. The highest BCUT2D eigenvalue weighted by Gasteiger charge is 2.43. The molecular formula is C18H30N5O5PS. The maximum absolute atomic E-state index is 12.1. The van der Waals surface area contributed by atoms with Crippen LogP contribution in [-0.2, 0) is 25.6 Å². The number of nitrogens with one attached hydrogen (secondary N) is 1. The van der Waals surface area contributed by atoms with E-state index in [-0.39, 0.29) is 23.0 Å². The zero-order chi connectivity index (χ0) is 22.5. The maximum atomic E-state index is 12.1. The van der Waals surface area contributed by atoms with Gasteiger partial charge in [0, 0.05) is 6.42 Å². The third-order valence-electron chi connectivity index (χ3n) is 4.41. The van der Waals surface area contributed by atoms with Crippen molar-refractivity contribution in [1.29, 1.82) is 0 Å². The van der Waals surface area contributed by atoms with Crippen LogP contribution in [0.3, 0.4) is 0 Å². The molecule has 12 heteroatoms. The van der Waals surface area contributed by atoms with E-state index in [4.69, 9.17) is 31.3 Å². The molecule has 1 fully saturated rings. The molecule has 1 aliphatic heterocycles. The molecule has 3 rings (SSSR count). The summed E-state index contributed by atoms with van der Waals surface area (Å²) in [5.74, 6) is -0.00396. The van der Waals surface area contributed by atoms with E-state index < -0.39 is 30.2 Å². The molecule has 0 saturated carbocycles. The van der Waals surface area contributed by atoms with Gasteiger partial charge in [0.05, 0.1) is 24.1 Å². The summed E-state index contributed by atoms with van der Waals surface area (Å²) in [5.41, 5.74) is 5.08. The number of fused-ring (bicyclic) bond motifs is 1. The van der Waals surface area contributed by atoms with Gasteiger partial charge in [0.1, 0.15) is 6.23 Å². The third kappa shape index (κ3) is 5.66. The van der Waals surface area contributed by atoms with E-state index in [1.807, 2.05) is 0 Å². The molecule has 0 aromatic carbocycles. The Morgan fingerprint density at radius 2 is 2.07 bits per heavy atom. The van der Waals surface area contributed by atoms with Crippen molar-refractivity contribution >= 4 is 35.6 Å². The van der Waals surface area contributed by atoms with Crippen molar-refractivity contribution in [3.63, 3.8) is 0 Å². The largest absolute Gasteiger partial charge is 0.369 e. The van der Waals surface area contributed by atoms with E-state index in [2.05, 4.69) is 35.7 Å². The average Bonchev–Trinajstić information content (AvgIpc) is 3.07. The normalized spacial score (nSPS) is 25.0. The number of aromatic amines is 1. The number of ether oxygens (including phenoxy) is 1. The fourth-order valence-electron chi connectivity index (χ4n) is 3.46. The van der Waals surface area contributed by atoms with E-state index in [9.17, 15) is 9.69 Å². The van der Waals surface area contributed by atoms with Gasteiger partial charge in [-0.3, -0.25) is 14.3 Å². The second-order valence-corrected chi connectivity index (χ2v) is 12.4. The number of nitrogens with two attached hydrogens (primary N) is 1. The van der Waals surface area contributed by atoms with Gasteiger partial charge in [-0.25, -0.2) is 4.98 Å². The number of rotatable bonds is 5. The molecule has 1 saturated heterocycles. The van der Waals surface area contributed by atoms with Gasteiger partial charge in [-0.2, -0.15) is 4.98 Å². The average molecular weight is 460 g/mol. The van der Waals surface area contributed by atoms with Crippen LogP contribution in [0.25, 0.3) is 11.2 Å². The fourth-order valence-corrected chi connectivity index (χ4v) is 5.76. The maximum Gasteiger partial charge on any atom is 0.325 e. The highest BCUT2D eigenvalue weighted by molar-refractivity contribution is 8.07. The summed E-state index contributed by atoms with van der Waals surface area (Å²) in [7, 11) is 0. The third-order valence-corrected chi connectivity index (χ3v) is 6.21. The van der Waals surface area contributed by atoms with Gasteiger partial charge < -0.3 is 24.4 Å². The predicted octanol–water partition coefficient (Wildman–Crippen LogP) is 2.84. The molecule has 3 heterocycles. The Morgan fingerprint density at radius 1 is 1.40 bits per heavy atom. The van der Waals surface area contributed by atoms with Gasteiger partial charge in [0.25, 0.3) is 5.56 Å². The van der Waals surface area contributed by atoms with E-state index in [0.717, 1.165) is 0 Å². The van der Waals surface area contributed by atoms with Crippen LogP contribution < -0.4 is 11.3 Å². The summed E-state index contributed by atoms with van der Waals surface area (Å²) in [5, 5.41) is 0. The van der Waals surface area contributed by atoms with Gasteiger partial charge in [-0.05, 0) is 44.4 Å². The number of hydrogen-bond donors (Lipinski definition) is 3. The highest BCUT2D eigenvalue weighted by Crippen LogP contribution is 2.52. The van der Waals surface area contributed by atoms with Crippen molar-refractivity contribution in [3.05, 3.63) is 16.7 Å². The van der Waals surface area contributed by atoms with Crippen LogP contribution in [0.5, 0.6) is 0 Å². The topological polar surface area (TPSA) is 138 Å². The second-order valence-electron chi connectivity index (χ2n) is 9.72. The molecular weight excluding hydrogens is 429 g/mol. The van der Waals surface area contributed by atoms with Crippen LogP contribution in [0, 0.1) is 5.41 Å². The van der Waals surface area contributed by atoms with Crippen molar-refractivity contribution in [2.24, 2.45) is 5.41 Å². The predicted molar refractivity (Wildman–Crippen MR) is 117 cm³/mol. The Morgan fingerprint density at radius 3 is 2.67 bits per heavy atom. The summed E-state index contributed by atoms with van der Waals surface area (Å²) < 4.78 is 19.4. The van der Waals surface area contributed by atoms with Crippen LogP contribution in [0.4, 0.5) is 5.95 Å². The SMILES string of the molecule is CC(C)(C)C[C@H]1O[C@@H](n2cnc3c(=O)[nH]c(N)nc32)C[C@@H]1OP(O)(=S)OC(C)(C)C. The van der Waals surface area contributed by atoms with E-state index in [1.54, 1.807) is 25.3 Å². The lowest BCUT2D eigenvalue weighted by Crippen LogP contribution is -2.29. The van der Waals surface area contributed by atoms with E-state index in [1.165, 1.54) is 6.33 Å². The summed E-state index contributed by atoms with van der Waals surface area (Å²) >= 11 is 5.25. The van der Waals surface area contributed by atoms with Gasteiger partial charge in [0.15, 0.2) is 11.2 Å². The van der Waals surface area contributed by atoms with Crippen molar-refractivity contribution in [2.75, 3.05) is 5.73 Å². The number of hydrogen-bond acceptors (Lipinski definition) is 8. The molecule has 0 aliphatic carbocycles. The minimum atomic E-state index is -3.50. The number of nitrogens with zero attached hydrogens (tertiary/aromatic N) is 3. The molecule has 0 amide bonds. The summed E-state index contributed by atoms with van der Waals surface area (Å²) in [6, 6.07) is 0. The van der Waals surface area contributed by atoms with Crippen molar-refractivity contribution in [1.82, 2.24) is 19.5 Å². The van der Waals surface area contributed by atoms with E-state index in [0.29, 0.717) is 18.5 Å². The van der Waals surface area contributed by atoms with Crippen LogP contribution in [0.15, 0.2) is 11.1 Å². The first-order chi connectivity index (χ1) is 13.6. The Bertz CT molecular complexity index is 1020. The number of aromatic nitrogens is 4. The van der Waals surface area contributed by atoms with Crippen molar-refractivity contribution in [3.8, 4) is 0 Å². The molecule has 4 N–H and O–H groups in total. The van der Waals surface area contributed by atoms with Gasteiger partial charge >= 0.3 is 6.72 Å². The lowest BCUT2D eigenvalue weighted by atomic mass is 9.87. The zero-order valence-electron chi connectivity index (χ0n) is 18.1. The molecule has 30 heavy (non-hydrogen) atoms. The monoisotopic (exact) mass is 459 g/mol. The van der Waals surface area contributed by atoms with Crippen LogP contribution >= 0.6 is 6.72 Å². The Balaban J connectivity index is 1.90. The minimum Gasteiger partial charge on any atom is -0.369 e. The summed E-state index contributed by atoms with van der Waals surface area (Å²) in [6.07, 6.45) is 1.20. The van der Waals surface area contributed by atoms with Gasteiger partial charge in [-0.15, -0.1) is 0 Å². The van der Waals surface area contributed by atoms with Gasteiger partial charge in [-0.1, -0.05) is 20.8 Å². The second kappa shape index (κ2) is 7.96. The molecule has 0 radical (unpaired) electrons. The zero-order valence-corrected chi connectivity index (χ0v) is 19.8. The Hall–Kier alpha value is -1.36. The molecule has 1 aliphatic rings. The lowest BCUT2D eigenvalue weighted by Gasteiger charge is -2.31. The molecule has 0 spiro atoms. The standard InChI is InChI=1S/C18H30N5O5PS/c1-17(2,3)8-11-10(27-29(25,30)28-18(4,5)6)7-12(26-11)23-9-20-13-14(23)21-16(19)22-15(13)24/h9-12H,7-8H2,1-6H3,(H,25,30)(H3,19,21,22,24)/t10-,11+,12+,29?/m0/s1. The first-order valence-electron chi connectivity index (χ1n) is 9.73. The fraction of sp³-hybridized carbons (Fsp3) is 0.722. The smallest absolute Gasteiger partial charge is 0.325 e. The quantitative estimate of drug-likeness (QED) is 0.576. The van der Waals surface area contributed by atoms with E-state index >= 15 is 0 Å². The summed E-state index contributed by atoms with van der Waals surface area (Å²) in [6.45, 7) is 8.20. The van der Waals surface area contributed by atoms with Crippen LogP contribution in [0.2, 0.25) is 0 Å². The Labute approximate surface area is 180 Å². The molecule has 0 bridgehead atoms. The minimum absolute atomic E-state index is 0.00396. The molecule has 1 unspecified atom stereocenters. The first-order valence-corrected chi connectivity index (χ1v) is 12.3. The number of nitrogen functional groups attached to an aromatic ring is 1. The number of imidazole rings is 1. The van der Waals surface area contributed by atoms with Crippen LogP contribution in [-0.4, -0.2) is 42.2 Å². The molecule has 2 aromatic heterocycles. The molecule has 4 atom stereocenters. The first kappa shape index (κ1) is 23.3.